The zero-order valence-corrected chi connectivity index (χ0v) is 8.59. The van der Waals surface area contributed by atoms with Crippen LogP contribution in [0.25, 0.3) is 0 Å². The summed E-state index contributed by atoms with van der Waals surface area (Å²) in [5.41, 5.74) is 2.81. The van der Waals surface area contributed by atoms with Crippen molar-refractivity contribution in [3.05, 3.63) is 35.4 Å². The van der Waals surface area contributed by atoms with Crippen LogP contribution in [-0.4, -0.2) is 18.9 Å². The fourth-order valence-corrected chi connectivity index (χ4v) is 1.76. The number of amidine groups is 1. The molecule has 0 atom stereocenters. The Labute approximate surface area is 85.1 Å². The molecule has 1 aromatic carbocycles. The number of hydrogen-bond donors (Lipinski definition) is 1. The fraction of sp³-hybridized carbons (Fsp3) is 0.417. The van der Waals surface area contributed by atoms with Gasteiger partial charge in [0, 0.05) is 13.0 Å². The van der Waals surface area contributed by atoms with Crippen molar-refractivity contribution < 1.29 is 0 Å². The summed E-state index contributed by atoms with van der Waals surface area (Å²) in [6.45, 7) is 4.13. The van der Waals surface area contributed by atoms with Gasteiger partial charge in [0.15, 0.2) is 0 Å². The second-order valence-corrected chi connectivity index (χ2v) is 3.68. The van der Waals surface area contributed by atoms with Crippen LogP contribution in [0, 0.1) is 6.92 Å². The lowest BCUT2D eigenvalue weighted by Gasteiger charge is -2.05. The second-order valence-electron chi connectivity index (χ2n) is 3.68. The summed E-state index contributed by atoms with van der Waals surface area (Å²) in [5.74, 6) is 1.17. The average molecular weight is 188 g/mol. The molecule has 1 aliphatic heterocycles. The molecule has 2 nitrogen and oxygen atoms in total. The van der Waals surface area contributed by atoms with E-state index in [1.54, 1.807) is 0 Å². The highest BCUT2D eigenvalue weighted by Gasteiger charge is 2.05. The van der Waals surface area contributed by atoms with E-state index in [9.17, 15) is 0 Å². The monoisotopic (exact) mass is 188 g/mol. The van der Waals surface area contributed by atoms with Crippen LogP contribution in [0.3, 0.4) is 0 Å². The van der Waals surface area contributed by atoms with Gasteiger partial charge >= 0.3 is 0 Å². The highest BCUT2D eigenvalue weighted by atomic mass is 15.1. The summed E-state index contributed by atoms with van der Waals surface area (Å²) in [6.07, 6.45) is 2.14. The maximum atomic E-state index is 4.39. The first kappa shape index (κ1) is 9.25. The van der Waals surface area contributed by atoms with Crippen LogP contribution in [0.1, 0.15) is 17.5 Å². The van der Waals surface area contributed by atoms with Gasteiger partial charge in [-0.2, -0.15) is 0 Å². The van der Waals surface area contributed by atoms with Crippen LogP contribution < -0.4 is 5.32 Å². The highest BCUT2D eigenvalue weighted by Crippen LogP contribution is 2.10. The Morgan fingerprint density at radius 3 is 2.86 bits per heavy atom. The number of aryl methyl sites for hydroxylation is 2. The quantitative estimate of drug-likeness (QED) is 0.770. The lowest BCUT2D eigenvalue weighted by molar-refractivity contribution is 0.931. The minimum atomic E-state index is 0.948. The summed E-state index contributed by atoms with van der Waals surface area (Å²) < 4.78 is 0. The molecule has 0 saturated heterocycles. The Balaban J connectivity index is 1.94. The van der Waals surface area contributed by atoms with Crippen molar-refractivity contribution in [2.75, 3.05) is 13.1 Å². The van der Waals surface area contributed by atoms with Gasteiger partial charge in [-0.1, -0.05) is 24.3 Å². The van der Waals surface area contributed by atoms with Gasteiger partial charge < -0.3 is 5.32 Å². The second kappa shape index (κ2) is 4.27. The van der Waals surface area contributed by atoms with E-state index in [1.165, 1.54) is 17.0 Å². The number of rotatable bonds is 3. The molecule has 0 aliphatic carbocycles. The van der Waals surface area contributed by atoms with Crippen molar-refractivity contribution in [3.63, 3.8) is 0 Å². The zero-order valence-electron chi connectivity index (χ0n) is 8.59. The van der Waals surface area contributed by atoms with Crippen LogP contribution >= 0.6 is 0 Å². The van der Waals surface area contributed by atoms with Crippen LogP contribution in [-0.2, 0) is 6.42 Å². The molecule has 2 heteroatoms. The Morgan fingerprint density at radius 2 is 2.14 bits per heavy atom. The fourth-order valence-electron chi connectivity index (χ4n) is 1.76. The molecule has 0 saturated carbocycles. The molecule has 1 aromatic rings. The number of hydrogen-bond acceptors (Lipinski definition) is 2. The average Bonchev–Trinajstić information content (AvgIpc) is 2.69. The topological polar surface area (TPSA) is 24.4 Å². The summed E-state index contributed by atoms with van der Waals surface area (Å²) in [7, 11) is 0. The van der Waals surface area contributed by atoms with Gasteiger partial charge in [-0.15, -0.1) is 0 Å². The number of nitrogens with zero attached hydrogens (tertiary/aromatic N) is 1. The minimum Gasteiger partial charge on any atom is -0.372 e. The molecule has 0 spiro atoms. The predicted octanol–water partition coefficient (Wildman–Crippen LogP) is 1.93. The van der Waals surface area contributed by atoms with Gasteiger partial charge in [-0.05, 0) is 24.5 Å². The molecule has 0 fully saturated rings. The third kappa shape index (κ3) is 2.13. The smallest absolute Gasteiger partial charge is 0.0967 e. The van der Waals surface area contributed by atoms with Gasteiger partial charge in [-0.25, -0.2) is 0 Å². The SMILES string of the molecule is Cc1ccccc1CCC1=NCCN1. The van der Waals surface area contributed by atoms with Gasteiger partial charge in [-0.3, -0.25) is 4.99 Å². The number of benzene rings is 1. The van der Waals surface area contributed by atoms with E-state index in [4.69, 9.17) is 0 Å². The Kier molecular flexibility index (Phi) is 2.82. The third-order valence-electron chi connectivity index (χ3n) is 2.64. The van der Waals surface area contributed by atoms with Crippen LogP contribution in [0.4, 0.5) is 0 Å². The van der Waals surface area contributed by atoms with Gasteiger partial charge in [0.05, 0.1) is 12.4 Å². The molecule has 1 heterocycles. The van der Waals surface area contributed by atoms with Gasteiger partial charge in [0.1, 0.15) is 0 Å². The normalized spacial score (nSPS) is 15.1. The van der Waals surface area contributed by atoms with Crippen molar-refractivity contribution in [2.24, 2.45) is 4.99 Å². The van der Waals surface area contributed by atoms with E-state index in [1.807, 2.05) is 0 Å². The van der Waals surface area contributed by atoms with Crippen molar-refractivity contribution in [1.82, 2.24) is 5.32 Å². The first-order valence-electron chi connectivity index (χ1n) is 5.18. The molecule has 74 valence electrons. The summed E-state index contributed by atoms with van der Waals surface area (Å²) in [4.78, 5) is 4.39. The molecular formula is C12H16N2. The zero-order chi connectivity index (χ0) is 9.80. The Bertz CT molecular complexity index is 342. The van der Waals surface area contributed by atoms with Gasteiger partial charge in [0.2, 0.25) is 0 Å². The molecule has 1 aliphatic rings. The van der Waals surface area contributed by atoms with Crippen LogP contribution in [0.2, 0.25) is 0 Å². The van der Waals surface area contributed by atoms with E-state index in [2.05, 4.69) is 41.5 Å². The van der Waals surface area contributed by atoms with Gasteiger partial charge in [0.25, 0.3) is 0 Å². The lowest BCUT2D eigenvalue weighted by atomic mass is 10.0. The lowest BCUT2D eigenvalue weighted by Crippen LogP contribution is -2.18. The Hall–Kier alpha value is -1.31. The van der Waals surface area contributed by atoms with E-state index in [0.29, 0.717) is 0 Å². The standard InChI is InChI=1S/C12H16N2/c1-10-4-2-3-5-11(10)6-7-12-13-8-9-14-12/h2-5H,6-9H2,1H3,(H,13,14). The minimum absolute atomic E-state index is 0.948. The molecule has 14 heavy (non-hydrogen) atoms. The van der Waals surface area contributed by atoms with E-state index in [-0.39, 0.29) is 0 Å². The molecule has 0 radical (unpaired) electrons. The van der Waals surface area contributed by atoms with Crippen LogP contribution in [0.15, 0.2) is 29.3 Å². The molecule has 1 N–H and O–H groups in total. The summed E-state index contributed by atoms with van der Waals surface area (Å²) in [5, 5.41) is 3.30. The first-order chi connectivity index (χ1) is 6.86. The molecule has 0 aromatic heterocycles. The van der Waals surface area contributed by atoms with Crippen molar-refractivity contribution >= 4 is 5.84 Å². The molecule has 0 amide bonds. The first-order valence-corrected chi connectivity index (χ1v) is 5.18. The molecule has 2 rings (SSSR count). The van der Waals surface area contributed by atoms with Crippen molar-refractivity contribution in [2.45, 2.75) is 19.8 Å². The van der Waals surface area contributed by atoms with E-state index >= 15 is 0 Å². The number of nitrogens with one attached hydrogen (secondary N) is 1. The molecule has 0 bridgehead atoms. The van der Waals surface area contributed by atoms with Crippen molar-refractivity contribution in [3.8, 4) is 0 Å². The third-order valence-corrected chi connectivity index (χ3v) is 2.64. The largest absolute Gasteiger partial charge is 0.372 e. The maximum Gasteiger partial charge on any atom is 0.0967 e. The maximum absolute atomic E-state index is 4.39. The van der Waals surface area contributed by atoms with E-state index < -0.39 is 0 Å². The molecule has 0 unspecified atom stereocenters. The summed E-state index contributed by atoms with van der Waals surface area (Å²) >= 11 is 0. The predicted molar refractivity (Wildman–Crippen MR) is 59.8 cm³/mol. The number of aliphatic imine (C=N–C) groups is 1. The van der Waals surface area contributed by atoms with Crippen LogP contribution in [0.5, 0.6) is 0 Å². The Morgan fingerprint density at radius 1 is 1.29 bits per heavy atom. The van der Waals surface area contributed by atoms with Crippen molar-refractivity contribution in [1.29, 1.82) is 0 Å². The summed E-state index contributed by atoms with van der Waals surface area (Å²) in [6, 6.07) is 8.56. The van der Waals surface area contributed by atoms with E-state index in [0.717, 1.165) is 25.9 Å². The highest BCUT2D eigenvalue weighted by molar-refractivity contribution is 5.83. The molecular weight excluding hydrogens is 172 g/mol.